The second-order valence-electron chi connectivity index (χ2n) is 41.2. The van der Waals surface area contributed by atoms with Crippen LogP contribution in [0.15, 0.2) is 561 Å². The normalized spacial score (nSPS) is 15.7. The fraction of sp³-hybridized carbons (Fsp3) is 0.0350. The van der Waals surface area contributed by atoms with Crippen LogP contribution in [0.3, 0.4) is 0 Å². The molecule has 0 amide bonds. The molecule has 33 rings (SSSR count). The average molecular weight is 1960 g/mol. The van der Waals surface area contributed by atoms with Gasteiger partial charge in [0.25, 0.3) is 0 Å². The van der Waals surface area contributed by atoms with Crippen molar-refractivity contribution in [2.75, 3.05) is 9.80 Å². The Hall–Kier alpha value is -16.9. The van der Waals surface area contributed by atoms with Crippen molar-refractivity contribution in [2.24, 2.45) is 0 Å². The standard InChI is InChI=1S/C143H86N2S4/c1-2-32-87(33-3-1)88-62-64-89(65-63-88)97-34-10-24-54-130(97)145(95-71-77-107-102-39-8-15-45-114(102)142(128(107)85-95)120-51-21-29-59-135(120)148-136-60-30-22-52-121(136)142)96-72-78-108-103-40-9-16-46-115(103)143(129(108)86-96)122-53-23-31-61-137(122)149-138-81-91(67-79-123(138)143)90-66-73-104-109-76-70-92(82-125(109)139(124(104)80-90)110-41-11-4-35-98(110)99-36-5-12-42-111(99)139)144(93-68-74-105-100-37-6-13-43-112(100)140(126(105)83-93)116-47-17-25-55-131(116)146-132-56-26-18-48-117(132)140)94-69-75-106-101-38-7-14-44-113(101)141(127(106)84-94)118-49-19-27-57-133(118)147-134-58-28-20-50-119(134)141/h1-86H. The minimum Gasteiger partial charge on any atom is -0.310 e. The molecule has 0 radical (unpaired) electrons. The fourth-order valence-corrected chi connectivity index (χ4v) is 33.7. The number of nitrogens with zero attached hydrogens (tertiary/aromatic N) is 2. The van der Waals surface area contributed by atoms with Crippen LogP contribution in [0.5, 0.6) is 0 Å². The number of fused-ring (bicyclic) bond motifs is 46. The van der Waals surface area contributed by atoms with Gasteiger partial charge in [0.1, 0.15) is 0 Å². The van der Waals surface area contributed by atoms with Gasteiger partial charge in [0, 0.05) is 73.2 Å². The summed E-state index contributed by atoms with van der Waals surface area (Å²) in [5.41, 5.74) is 51.1. The third-order valence-electron chi connectivity index (χ3n) is 34.6. The zero-order valence-corrected chi connectivity index (χ0v) is 83.9. The molecular formula is C143H86N2S4. The van der Waals surface area contributed by atoms with E-state index in [1.807, 2.05) is 47.0 Å². The molecule has 0 N–H and O–H groups in total. The van der Waals surface area contributed by atoms with Crippen molar-refractivity contribution in [3.05, 3.63) is 633 Å². The van der Waals surface area contributed by atoms with E-state index in [-0.39, 0.29) is 0 Å². The Morgan fingerprint density at radius 1 is 0.114 bits per heavy atom. The van der Waals surface area contributed by atoms with Crippen molar-refractivity contribution in [1.82, 2.24) is 0 Å². The van der Waals surface area contributed by atoms with Gasteiger partial charge in [-0.1, -0.05) is 447 Å². The maximum absolute atomic E-state index is 2.64. The molecule has 0 aromatic heterocycles. The quantitative estimate of drug-likeness (QED) is 0.141. The van der Waals surface area contributed by atoms with Crippen molar-refractivity contribution in [3.63, 3.8) is 0 Å². The van der Waals surface area contributed by atoms with Crippen molar-refractivity contribution in [1.29, 1.82) is 0 Å². The SMILES string of the molecule is c1ccc(-c2ccc(-c3ccccc3N(c3ccc4c(c3)C3(c5ccccc5Sc5ccccc53)c3ccccc3-4)c3ccc4c(c3)C3(c5ccccc5Sc5cc(-c6ccc7c(c6)C6(c8ccccc8-c8ccccc86)c6cc(N(c8ccc9c(c8)C8(c%10ccccc%10Sc%10ccccc%108)c8ccccc8-9)c8ccc9c(c8)C8(c%10ccccc%10Sc%10ccccc%108)c8ccccc8-9)ccc6-7)ccc53)c3ccccc3-4)cc2)cc1. The molecule has 692 valence electrons. The lowest BCUT2D eigenvalue weighted by Gasteiger charge is -2.40. The first kappa shape index (κ1) is 84.3. The van der Waals surface area contributed by atoms with Gasteiger partial charge in [0.2, 0.25) is 0 Å². The highest BCUT2D eigenvalue weighted by Gasteiger charge is 2.58. The van der Waals surface area contributed by atoms with E-state index in [4.69, 9.17) is 0 Å². The Kier molecular flexibility index (Phi) is 17.8. The van der Waals surface area contributed by atoms with Crippen LogP contribution in [0.25, 0.3) is 100 Å². The van der Waals surface area contributed by atoms with Crippen LogP contribution >= 0.6 is 47.0 Å². The maximum atomic E-state index is 2.64. The third kappa shape index (κ3) is 11.2. The zero-order chi connectivity index (χ0) is 97.3. The number of para-hydroxylation sites is 1. The Morgan fingerprint density at radius 2 is 0.315 bits per heavy atom. The van der Waals surface area contributed by atoms with Gasteiger partial charge in [-0.3, -0.25) is 0 Å². The van der Waals surface area contributed by atoms with Crippen molar-refractivity contribution in [3.8, 4) is 100 Å². The monoisotopic (exact) mass is 1960 g/mol. The molecule has 10 aliphatic rings. The Balaban J connectivity index is 0.573. The summed E-state index contributed by atoms with van der Waals surface area (Å²) in [6, 6.07) is 202. The molecule has 149 heavy (non-hydrogen) atoms. The Labute approximate surface area is 882 Å². The van der Waals surface area contributed by atoms with Gasteiger partial charge in [-0.05, 0) is 327 Å². The first-order valence-electron chi connectivity index (χ1n) is 51.7. The summed E-state index contributed by atoms with van der Waals surface area (Å²) in [6.07, 6.45) is 0. The summed E-state index contributed by atoms with van der Waals surface area (Å²) < 4.78 is 0. The molecule has 1 atom stereocenters. The lowest BCUT2D eigenvalue weighted by molar-refractivity contribution is 0.721. The van der Waals surface area contributed by atoms with Crippen molar-refractivity contribution < 1.29 is 0 Å². The van der Waals surface area contributed by atoms with Gasteiger partial charge < -0.3 is 9.80 Å². The molecule has 5 spiro atoms. The van der Waals surface area contributed by atoms with Crippen molar-refractivity contribution >= 4 is 81.2 Å². The molecule has 1 unspecified atom stereocenters. The highest BCUT2D eigenvalue weighted by Crippen LogP contribution is 2.72. The van der Waals surface area contributed by atoms with E-state index in [0.29, 0.717) is 0 Å². The molecule has 0 bridgehead atoms. The second-order valence-corrected chi connectivity index (χ2v) is 45.5. The molecule has 2 nitrogen and oxygen atoms in total. The third-order valence-corrected chi connectivity index (χ3v) is 39.2. The molecular weight excluding hydrogens is 1870 g/mol. The first-order valence-corrected chi connectivity index (χ1v) is 55.0. The summed E-state index contributed by atoms with van der Waals surface area (Å²) in [7, 11) is 0. The minimum atomic E-state index is -0.760. The van der Waals surface area contributed by atoms with Crippen LogP contribution < -0.4 is 9.80 Å². The van der Waals surface area contributed by atoms with Crippen LogP contribution in [-0.2, 0) is 27.1 Å². The van der Waals surface area contributed by atoms with Crippen LogP contribution in [-0.4, -0.2) is 0 Å². The number of rotatable bonds is 9. The van der Waals surface area contributed by atoms with Gasteiger partial charge >= 0.3 is 0 Å². The van der Waals surface area contributed by atoms with E-state index in [1.54, 1.807) is 0 Å². The maximum Gasteiger partial charge on any atom is 0.0736 e. The summed E-state index contributed by atoms with van der Waals surface area (Å²) in [5, 5.41) is 0. The summed E-state index contributed by atoms with van der Waals surface area (Å²) >= 11 is 7.60. The smallest absolute Gasteiger partial charge is 0.0736 e. The average Bonchev–Trinajstić information content (AvgIpc) is 1.50. The molecule has 6 heteroatoms. The highest BCUT2D eigenvalue weighted by molar-refractivity contribution is 8.00. The van der Waals surface area contributed by atoms with E-state index in [0.717, 1.165) is 45.3 Å². The van der Waals surface area contributed by atoms with E-state index in [1.165, 1.54) is 239 Å². The number of anilines is 6. The van der Waals surface area contributed by atoms with E-state index >= 15 is 0 Å². The first-order chi connectivity index (χ1) is 73.9. The summed E-state index contributed by atoms with van der Waals surface area (Å²) in [5.74, 6) is 0. The van der Waals surface area contributed by atoms with Gasteiger partial charge in [-0.15, -0.1) is 0 Å². The van der Waals surface area contributed by atoms with E-state index in [9.17, 15) is 0 Å². The molecule has 0 fully saturated rings. The van der Waals surface area contributed by atoms with Crippen LogP contribution in [0.1, 0.15) is 111 Å². The van der Waals surface area contributed by atoms with Gasteiger partial charge in [-0.2, -0.15) is 0 Å². The van der Waals surface area contributed by atoms with Crippen LogP contribution in [0.2, 0.25) is 0 Å². The van der Waals surface area contributed by atoms with Gasteiger partial charge in [0.15, 0.2) is 0 Å². The Morgan fingerprint density at radius 3 is 0.638 bits per heavy atom. The molecule has 0 saturated heterocycles. The Bertz CT molecular complexity index is 9430. The molecule has 0 saturated carbocycles. The summed E-state index contributed by atoms with van der Waals surface area (Å²) in [4.78, 5) is 15.4. The lowest BCUT2D eigenvalue weighted by atomic mass is 9.67. The molecule has 23 aromatic carbocycles. The topological polar surface area (TPSA) is 6.48 Å². The zero-order valence-electron chi connectivity index (χ0n) is 80.7. The highest BCUT2D eigenvalue weighted by atomic mass is 32.2. The number of benzene rings is 23. The number of hydrogen-bond acceptors (Lipinski definition) is 6. The van der Waals surface area contributed by atoms with Crippen molar-refractivity contribution in [2.45, 2.75) is 66.2 Å². The molecule has 4 aliphatic heterocycles. The summed E-state index contributed by atoms with van der Waals surface area (Å²) in [6.45, 7) is 0. The fourth-order valence-electron chi connectivity index (χ4n) is 28.9. The minimum absolute atomic E-state index is 0.607. The molecule has 4 heterocycles. The predicted molar refractivity (Wildman–Crippen MR) is 614 cm³/mol. The van der Waals surface area contributed by atoms with Crippen LogP contribution in [0.4, 0.5) is 34.1 Å². The lowest BCUT2D eigenvalue weighted by Crippen LogP contribution is -2.32. The largest absolute Gasteiger partial charge is 0.310 e. The van der Waals surface area contributed by atoms with E-state index < -0.39 is 27.1 Å². The molecule has 6 aliphatic carbocycles. The van der Waals surface area contributed by atoms with Crippen LogP contribution in [0, 0.1) is 0 Å². The number of hydrogen-bond donors (Lipinski definition) is 0. The molecule has 23 aromatic rings. The second kappa shape index (κ2) is 31.6. The van der Waals surface area contributed by atoms with Gasteiger partial charge in [-0.25, -0.2) is 0 Å². The van der Waals surface area contributed by atoms with E-state index in [2.05, 4.69) is 532 Å². The predicted octanol–water partition coefficient (Wildman–Crippen LogP) is 37.3. The van der Waals surface area contributed by atoms with Gasteiger partial charge in [0.05, 0.1) is 32.8 Å².